The zero-order valence-electron chi connectivity index (χ0n) is 29.7. The number of ether oxygens (including phenoxy) is 4. The molecule has 3 fully saturated rings. The molecule has 3 aromatic rings. The van der Waals surface area contributed by atoms with E-state index in [1.165, 1.54) is 6.42 Å². The summed E-state index contributed by atoms with van der Waals surface area (Å²) in [5, 5.41) is 0. The van der Waals surface area contributed by atoms with Crippen LogP contribution in [-0.2, 0) is 13.2 Å². The minimum atomic E-state index is -0.0968. The van der Waals surface area contributed by atoms with Crippen molar-refractivity contribution in [2.45, 2.75) is 57.4 Å². The first-order chi connectivity index (χ1) is 25.3. The van der Waals surface area contributed by atoms with Gasteiger partial charge in [-0.3, -0.25) is 19.6 Å². The molecule has 0 radical (unpaired) electrons. The molecule has 52 heavy (non-hydrogen) atoms. The quantitative estimate of drug-likeness (QED) is 0.226. The lowest BCUT2D eigenvalue weighted by Crippen LogP contribution is -2.35. The van der Waals surface area contributed by atoms with Crippen LogP contribution >= 0.6 is 0 Å². The Bertz CT molecular complexity index is 1900. The Morgan fingerprint density at radius 2 is 1.13 bits per heavy atom. The van der Waals surface area contributed by atoms with E-state index in [-0.39, 0.29) is 37.1 Å². The zero-order valence-corrected chi connectivity index (χ0v) is 29.7. The molecule has 0 spiro atoms. The average molecular weight is 702 g/mol. The number of carbonyl (C=O) groups is 2. The summed E-state index contributed by atoms with van der Waals surface area (Å²) in [5.41, 5.74) is 7.16. The van der Waals surface area contributed by atoms with E-state index in [4.69, 9.17) is 18.9 Å². The molecule has 3 aromatic carbocycles. The number of nitrogens with zero attached hydrogens (tertiary/aromatic N) is 5. The highest BCUT2D eigenvalue weighted by Gasteiger charge is 2.35. The van der Waals surface area contributed by atoms with E-state index in [0.717, 1.165) is 53.9 Å². The predicted octanol–water partition coefficient (Wildman–Crippen LogP) is 6.83. The van der Waals surface area contributed by atoms with Crippen molar-refractivity contribution < 1.29 is 28.5 Å². The molecule has 0 unspecified atom stereocenters. The number of fused-ring (bicyclic) bond motifs is 4. The topological polar surface area (TPSA) is 105 Å². The summed E-state index contributed by atoms with van der Waals surface area (Å²) in [5.74, 6) is 1.78. The van der Waals surface area contributed by atoms with E-state index in [1.807, 2.05) is 22.2 Å². The highest BCUT2D eigenvalue weighted by molar-refractivity contribution is 6.04. The van der Waals surface area contributed by atoms with Crippen molar-refractivity contribution in [3.8, 4) is 23.0 Å². The van der Waals surface area contributed by atoms with Crippen molar-refractivity contribution in [2.24, 2.45) is 9.98 Å². The molecule has 268 valence electrons. The van der Waals surface area contributed by atoms with Gasteiger partial charge in [0.2, 0.25) is 0 Å². The molecule has 3 saturated heterocycles. The van der Waals surface area contributed by atoms with Crippen LogP contribution in [0.1, 0.15) is 63.9 Å². The highest BCUT2D eigenvalue weighted by atomic mass is 16.5. The van der Waals surface area contributed by atoms with Gasteiger partial charge in [-0.25, -0.2) is 0 Å². The minimum Gasteiger partial charge on any atom is -0.493 e. The number of rotatable bonds is 9. The summed E-state index contributed by atoms with van der Waals surface area (Å²) < 4.78 is 24.2. The van der Waals surface area contributed by atoms with Gasteiger partial charge in [0.1, 0.15) is 13.2 Å². The molecule has 11 nitrogen and oxygen atoms in total. The first-order valence-electron chi connectivity index (χ1n) is 17.9. The standard InChI is InChI=1S/C41H43N5O6/c1-25-10-30-19-42-34-17-38(36(49-3)15-32(34)40(47)45(30)21-25)51-23-27-12-28(14-29(13-27)44-8-6-5-7-9-44)24-52-39-18-35-33(16-37(39)50-4)41(48)46-22-26(2)11-31(46)20-43-35/h12-20,30-31H,1-2,5-11,21-24H2,3-4H3/t30-,31-/m0/s1. The molecule has 0 N–H and O–H groups in total. The smallest absolute Gasteiger partial charge is 0.257 e. The van der Waals surface area contributed by atoms with Crippen molar-refractivity contribution in [3.63, 3.8) is 0 Å². The monoisotopic (exact) mass is 701 g/mol. The SMILES string of the molecule is C=C1C[C@H]2C=Nc3cc(OCc4cc(COc5cc6c(cc5OC)C(=O)N5CC(=C)C[C@H]5C=N6)cc(N5CCCCC5)c4)c(OC)cc3C(=O)N2C1. The summed E-state index contributed by atoms with van der Waals surface area (Å²) in [4.78, 5) is 42.3. The summed E-state index contributed by atoms with van der Waals surface area (Å²) in [6.45, 7) is 11.7. The van der Waals surface area contributed by atoms with E-state index in [0.29, 0.717) is 71.4 Å². The Kier molecular flexibility index (Phi) is 8.94. The second-order valence-electron chi connectivity index (χ2n) is 14.1. The third-order valence-electron chi connectivity index (χ3n) is 10.4. The second-order valence-corrected chi connectivity index (χ2v) is 14.1. The van der Waals surface area contributed by atoms with E-state index >= 15 is 0 Å². The number of carbonyl (C=O) groups excluding carboxylic acids is 2. The molecule has 5 heterocycles. The first-order valence-corrected chi connectivity index (χ1v) is 17.9. The van der Waals surface area contributed by atoms with Gasteiger partial charge >= 0.3 is 0 Å². The summed E-state index contributed by atoms with van der Waals surface area (Å²) in [7, 11) is 3.15. The maximum absolute atomic E-state index is 13.5. The molecule has 8 rings (SSSR count). The van der Waals surface area contributed by atoms with Crippen molar-refractivity contribution >= 4 is 41.3 Å². The molecule has 2 amide bonds. The highest BCUT2D eigenvalue weighted by Crippen LogP contribution is 2.41. The first kappa shape index (κ1) is 33.6. The fraction of sp³-hybridized carbons (Fsp3) is 0.366. The fourth-order valence-corrected chi connectivity index (χ4v) is 7.78. The predicted molar refractivity (Wildman–Crippen MR) is 201 cm³/mol. The molecule has 11 heteroatoms. The number of methoxy groups -OCH3 is 2. The van der Waals surface area contributed by atoms with Crippen LogP contribution < -0.4 is 23.8 Å². The van der Waals surface area contributed by atoms with Crippen LogP contribution in [-0.4, -0.2) is 86.5 Å². The Balaban J connectivity index is 1.05. The molecular formula is C41H43N5O6. The maximum atomic E-state index is 13.5. The van der Waals surface area contributed by atoms with Gasteiger partial charge < -0.3 is 33.6 Å². The molecule has 2 atom stereocenters. The molecule has 0 saturated carbocycles. The summed E-state index contributed by atoms with van der Waals surface area (Å²) in [6.07, 6.45) is 8.59. The molecule has 0 aromatic heterocycles. The van der Waals surface area contributed by atoms with Gasteiger partial charge in [-0.15, -0.1) is 0 Å². The van der Waals surface area contributed by atoms with Crippen LogP contribution in [0.4, 0.5) is 17.1 Å². The van der Waals surface area contributed by atoms with E-state index in [9.17, 15) is 9.59 Å². The van der Waals surface area contributed by atoms with Crippen LogP contribution in [0.3, 0.4) is 0 Å². The Morgan fingerprint density at radius 3 is 1.60 bits per heavy atom. The molecular weight excluding hydrogens is 658 g/mol. The Morgan fingerprint density at radius 1 is 0.654 bits per heavy atom. The van der Waals surface area contributed by atoms with Gasteiger partial charge in [0, 0.05) is 56.4 Å². The van der Waals surface area contributed by atoms with Crippen LogP contribution in [0.5, 0.6) is 23.0 Å². The van der Waals surface area contributed by atoms with E-state index in [2.05, 4.69) is 46.2 Å². The van der Waals surface area contributed by atoms with Gasteiger partial charge in [0.15, 0.2) is 23.0 Å². The van der Waals surface area contributed by atoms with Crippen LogP contribution in [0.25, 0.3) is 0 Å². The average Bonchev–Trinajstić information content (AvgIpc) is 3.67. The van der Waals surface area contributed by atoms with Crippen molar-refractivity contribution in [3.05, 3.63) is 89.0 Å². The summed E-state index contributed by atoms with van der Waals surface area (Å²) >= 11 is 0. The lowest BCUT2D eigenvalue weighted by Gasteiger charge is -2.29. The van der Waals surface area contributed by atoms with E-state index < -0.39 is 0 Å². The number of aliphatic imine (C=N–C) groups is 2. The van der Waals surface area contributed by atoms with Crippen molar-refractivity contribution in [1.29, 1.82) is 0 Å². The van der Waals surface area contributed by atoms with Gasteiger partial charge in [-0.2, -0.15) is 0 Å². The second kappa shape index (κ2) is 13.9. The number of amides is 2. The third kappa shape index (κ3) is 6.40. The molecule has 5 aliphatic heterocycles. The molecule has 0 bridgehead atoms. The zero-order chi connectivity index (χ0) is 35.9. The minimum absolute atomic E-state index is 0.0870. The Hall–Kier alpha value is -5.58. The fourth-order valence-electron chi connectivity index (χ4n) is 7.78. The largest absolute Gasteiger partial charge is 0.493 e. The van der Waals surface area contributed by atoms with Gasteiger partial charge in [0.05, 0.1) is 48.8 Å². The maximum Gasteiger partial charge on any atom is 0.257 e. The van der Waals surface area contributed by atoms with Crippen LogP contribution in [0.15, 0.2) is 76.8 Å². The lowest BCUT2D eigenvalue weighted by molar-refractivity contribution is 0.0769. The Labute approximate surface area is 303 Å². The third-order valence-corrected chi connectivity index (χ3v) is 10.4. The van der Waals surface area contributed by atoms with Crippen molar-refractivity contribution in [2.75, 3.05) is 45.3 Å². The molecule has 5 aliphatic rings. The number of hydrogen-bond donors (Lipinski definition) is 0. The number of benzene rings is 3. The number of hydrogen-bond acceptors (Lipinski definition) is 9. The summed E-state index contributed by atoms with van der Waals surface area (Å²) in [6, 6.07) is 13.2. The number of piperidine rings is 1. The molecule has 0 aliphatic carbocycles. The van der Waals surface area contributed by atoms with E-state index in [1.54, 1.807) is 38.5 Å². The normalized spacial score (nSPS) is 20.6. The van der Waals surface area contributed by atoms with Gasteiger partial charge in [-0.1, -0.05) is 24.3 Å². The van der Waals surface area contributed by atoms with Gasteiger partial charge in [0.25, 0.3) is 11.8 Å². The van der Waals surface area contributed by atoms with Crippen LogP contribution in [0.2, 0.25) is 0 Å². The van der Waals surface area contributed by atoms with Crippen LogP contribution in [0, 0.1) is 0 Å². The van der Waals surface area contributed by atoms with Gasteiger partial charge in [-0.05, 0) is 73.6 Å². The number of anilines is 1. The van der Waals surface area contributed by atoms with Crippen molar-refractivity contribution in [1.82, 2.24) is 9.80 Å². The lowest BCUT2D eigenvalue weighted by atomic mass is 10.1.